The van der Waals surface area contributed by atoms with E-state index in [0.29, 0.717) is 5.92 Å². The van der Waals surface area contributed by atoms with E-state index >= 15 is 0 Å². The summed E-state index contributed by atoms with van der Waals surface area (Å²) >= 11 is 0. The van der Waals surface area contributed by atoms with Gasteiger partial charge in [-0.15, -0.1) is 0 Å². The van der Waals surface area contributed by atoms with Crippen molar-refractivity contribution in [1.82, 2.24) is 9.78 Å². The number of nitrogens with zero attached hydrogens (tertiary/aromatic N) is 2. The Balaban J connectivity index is 3.05. The van der Waals surface area contributed by atoms with Gasteiger partial charge in [0.1, 0.15) is 0 Å². The van der Waals surface area contributed by atoms with Gasteiger partial charge in [0.15, 0.2) is 0 Å². The average Bonchev–Trinajstić information content (AvgIpc) is 2.30. The van der Waals surface area contributed by atoms with Crippen molar-refractivity contribution in [3.63, 3.8) is 0 Å². The molecule has 0 aromatic carbocycles. The van der Waals surface area contributed by atoms with Crippen molar-refractivity contribution in [2.24, 2.45) is 7.05 Å². The second-order valence-corrected chi connectivity index (χ2v) is 3.18. The first-order valence-corrected chi connectivity index (χ1v) is 4.17. The van der Waals surface area contributed by atoms with Crippen LogP contribution in [-0.4, -0.2) is 9.78 Å². The van der Waals surface area contributed by atoms with Crippen LogP contribution >= 0.6 is 0 Å². The molecule has 0 radical (unpaired) electrons. The van der Waals surface area contributed by atoms with Crippen LogP contribution in [0.3, 0.4) is 0 Å². The van der Waals surface area contributed by atoms with Gasteiger partial charge in [-0.25, -0.2) is 0 Å². The van der Waals surface area contributed by atoms with Crippen molar-refractivity contribution < 1.29 is 0 Å². The molecule has 0 atom stereocenters. The molecule has 1 rings (SSSR count). The zero-order valence-electron chi connectivity index (χ0n) is 7.76. The lowest BCUT2D eigenvalue weighted by Gasteiger charge is -2.05. The molecular formula is C9H16N2. The molecule has 0 fully saturated rings. The highest BCUT2D eigenvalue weighted by molar-refractivity contribution is 5.20. The topological polar surface area (TPSA) is 17.8 Å². The SMILES string of the molecule is CCc1c(C(C)C)cnn1C. The van der Waals surface area contributed by atoms with Gasteiger partial charge in [-0.3, -0.25) is 4.68 Å². The number of aromatic nitrogens is 2. The monoisotopic (exact) mass is 152 g/mol. The predicted molar refractivity (Wildman–Crippen MR) is 46.7 cm³/mol. The van der Waals surface area contributed by atoms with Crippen molar-refractivity contribution in [2.75, 3.05) is 0 Å². The smallest absolute Gasteiger partial charge is 0.0527 e. The van der Waals surface area contributed by atoms with E-state index in [-0.39, 0.29) is 0 Å². The van der Waals surface area contributed by atoms with Crippen LogP contribution in [0.2, 0.25) is 0 Å². The molecule has 11 heavy (non-hydrogen) atoms. The summed E-state index contributed by atoms with van der Waals surface area (Å²) in [5, 5.41) is 4.23. The maximum absolute atomic E-state index is 4.23. The Kier molecular flexibility index (Phi) is 2.32. The third-order valence-corrected chi connectivity index (χ3v) is 2.05. The fourth-order valence-corrected chi connectivity index (χ4v) is 1.40. The summed E-state index contributed by atoms with van der Waals surface area (Å²) < 4.78 is 1.97. The zero-order valence-corrected chi connectivity index (χ0v) is 7.76. The highest BCUT2D eigenvalue weighted by atomic mass is 15.3. The fraction of sp³-hybridized carbons (Fsp3) is 0.667. The van der Waals surface area contributed by atoms with Gasteiger partial charge < -0.3 is 0 Å². The fourth-order valence-electron chi connectivity index (χ4n) is 1.40. The van der Waals surface area contributed by atoms with Crippen LogP contribution in [0.25, 0.3) is 0 Å². The second-order valence-electron chi connectivity index (χ2n) is 3.18. The molecule has 2 heteroatoms. The lowest BCUT2D eigenvalue weighted by atomic mass is 10.0. The number of aryl methyl sites for hydroxylation is 1. The number of rotatable bonds is 2. The lowest BCUT2D eigenvalue weighted by molar-refractivity contribution is 0.709. The van der Waals surface area contributed by atoms with Crippen LogP contribution in [0.4, 0.5) is 0 Å². The van der Waals surface area contributed by atoms with Crippen LogP contribution in [0.5, 0.6) is 0 Å². The van der Waals surface area contributed by atoms with E-state index in [0.717, 1.165) is 6.42 Å². The average molecular weight is 152 g/mol. The molecule has 0 unspecified atom stereocenters. The molecule has 1 aromatic heterocycles. The van der Waals surface area contributed by atoms with Gasteiger partial charge in [0.25, 0.3) is 0 Å². The van der Waals surface area contributed by atoms with Gasteiger partial charge in [-0.2, -0.15) is 5.10 Å². The molecule has 0 bridgehead atoms. The van der Waals surface area contributed by atoms with Gasteiger partial charge in [0, 0.05) is 12.7 Å². The van der Waals surface area contributed by atoms with Crippen LogP contribution in [0.1, 0.15) is 37.9 Å². The Bertz CT molecular complexity index is 236. The molecule has 62 valence electrons. The highest BCUT2D eigenvalue weighted by Gasteiger charge is 2.08. The van der Waals surface area contributed by atoms with E-state index in [1.807, 2.05) is 17.9 Å². The first kappa shape index (κ1) is 8.31. The van der Waals surface area contributed by atoms with E-state index in [2.05, 4.69) is 25.9 Å². The standard InChI is InChI=1S/C9H16N2/c1-5-9-8(7(2)3)6-10-11(9)4/h6-7H,5H2,1-4H3. The molecule has 0 saturated heterocycles. The summed E-state index contributed by atoms with van der Waals surface area (Å²) in [6.07, 6.45) is 3.05. The predicted octanol–water partition coefficient (Wildman–Crippen LogP) is 2.11. The van der Waals surface area contributed by atoms with Crippen LogP contribution in [0.15, 0.2) is 6.20 Å². The quantitative estimate of drug-likeness (QED) is 0.634. The third-order valence-electron chi connectivity index (χ3n) is 2.05. The molecular weight excluding hydrogens is 136 g/mol. The highest BCUT2D eigenvalue weighted by Crippen LogP contribution is 2.18. The van der Waals surface area contributed by atoms with E-state index in [4.69, 9.17) is 0 Å². The molecule has 2 nitrogen and oxygen atoms in total. The Labute approximate surface area is 68.2 Å². The number of hydrogen-bond donors (Lipinski definition) is 0. The Morgan fingerprint density at radius 1 is 1.55 bits per heavy atom. The molecule has 1 heterocycles. The summed E-state index contributed by atoms with van der Waals surface area (Å²) in [6, 6.07) is 0. The molecule has 0 saturated carbocycles. The summed E-state index contributed by atoms with van der Waals surface area (Å²) in [7, 11) is 2.00. The van der Waals surface area contributed by atoms with Crippen LogP contribution in [0, 0.1) is 0 Å². The summed E-state index contributed by atoms with van der Waals surface area (Å²) in [5.74, 6) is 0.596. The lowest BCUT2D eigenvalue weighted by Crippen LogP contribution is -1.99. The van der Waals surface area contributed by atoms with E-state index in [1.54, 1.807) is 0 Å². The van der Waals surface area contributed by atoms with Gasteiger partial charge in [0.2, 0.25) is 0 Å². The Morgan fingerprint density at radius 2 is 2.18 bits per heavy atom. The van der Waals surface area contributed by atoms with Crippen molar-refractivity contribution >= 4 is 0 Å². The Hall–Kier alpha value is -0.790. The first-order valence-electron chi connectivity index (χ1n) is 4.17. The normalized spacial score (nSPS) is 11.0. The van der Waals surface area contributed by atoms with Crippen molar-refractivity contribution in [1.29, 1.82) is 0 Å². The van der Waals surface area contributed by atoms with Crippen molar-refractivity contribution in [3.05, 3.63) is 17.5 Å². The van der Waals surface area contributed by atoms with Crippen LogP contribution in [-0.2, 0) is 13.5 Å². The molecule has 0 aliphatic carbocycles. The first-order chi connectivity index (χ1) is 5.16. The molecule has 0 amide bonds. The van der Waals surface area contributed by atoms with E-state index in [1.165, 1.54) is 11.3 Å². The second kappa shape index (κ2) is 3.07. The molecule has 0 aliphatic rings. The summed E-state index contributed by atoms with van der Waals surface area (Å²) in [6.45, 7) is 6.58. The van der Waals surface area contributed by atoms with Gasteiger partial charge in [-0.1, -0.05) is 20.8 Å². The molecule has 0 aliphatic heterocycles. The number of hydrogen-bond acceptors (Lipinski definition) is 1. The summed E-state index contributed by atoms with van der Waals surface area (Å²) in [4.78, 5) is 0. The van der Waals surface area contributed by atoms with Gasteiger partial charge in [0.05, 0.1) is 6.20 Å². The van der Waals surface area contributed by atoms with E-state index in [9.17, 15) is 0 Å². The molecule has 0 spiro atoms. The Morgan fingerprint density at radius 3 is 2.55 bits per heavy atom. The third kappa shape index (κ3) is 1.44. The van der Waals surface area contributed by atoms with Crippen LogP contribution < -0.4 is 0 Å². The summed E-state index contributed by atoms with van der Waals surface area (Å²) in [5.41, 5.74) is 2.75. The minimum absolute atomic E-state index is 0.596. The molecule has 0 N–H and O–H groups in total. The van der Waals surface area contributed by atoms with Gasteiger partial charge >= 0.3 is 0 Å². The van der Waals surface area contributed by atoms with Gasteiger partial charge in [-0.05, 0) is 17.9 Å². The van der Waals surface area contributed by atoms with Crippen molar-refractivity contribution in [2.45, 2.75) is 33.1 Å². The van der Waals surface area contributed by atoms with E-state index < -0.39 is 0 Å². The minimum Gasteiger partial charge on any atom is -0.272 e. The maximum Gasteiger partial charge on any atom is 0.0527 e. The zero-order chi connectivity index (χ0) is 8.43. The minimum atomic E-state index is 0.596. The van der Waals surface area contributed by atoms with Crippen molar-refractivity contribution in [3.8, 4) is 0 Å². The maximum atomic E-state index is 4.23. The molecule has 1 aromatic rings. The largest absolute Gasteiger partial charge is 0.272 e.